The van der Waals surface area contributed by atoms with Gasteiger partial charge in [0.2, 0.25) is 11.9 Å². The lowest BCUT2D eigenvalue weighted by Gasteiger charge is -2.09. The zero-order valence-corrected chi connectivity index (χ0v) is 16.8. The van der Waals surface area contributed by atoms with Crippen molar-refractivity contribution in [2.75, 3.05) is 18.2 Å². The zero-order chi connectivity index (χ0) is 20.9. The summed E-state index contributed by atoms with van der Waals surface area (Å²) in [5, 5.41) is 3.79. The number of methoxy groups -OCH3 is 1. The molecule has 8 nitrogen and oxygen atoms in total. The number of nitrogens with zero attached hydrogens (tertiary/aromatic N) is 5. The van der Waals surface area contributed by atoms with Crippen LogP contribution in [0.1, 0.15) is 5.82 Å². The number of benzene rings is 2. The normalized spacial score (nSPS) is 10.7. The lowest BCUT2D eigenvalue weighted by molar-refractivity contribution is 0.414. The summed E-state index contributed by atoms with van der Waals surface area (Å²) in [6, 6.07) is 13.6. The molecule has 0 aliphatic carbocycles. The van der Waals surface area contributed by atoms with Gasteiger partial charge in [-0.15, -0.1) is 0 Å². The highest BCUT2D eigenvalue weighted by Gasteiger charge is 2.10. The van der Waals surface area contributed by atoms with Gasteiger partial charge < -0.3 is 15.8 Å². The summed E-state index contributed by atoms with van der Waals surface area (Å²) in [4.78, 5) is 17.1. The van der Waals surface area contributed by atoms with Gasteiger partial charge in [-0.25, -0.2) is 9.37 Å². The average Bonchev–Trinajstić information content (AvgIpc) is 3.22. The summed E-state index contributed by atoms with van der Waals surface area (Å²) < 4.78 is 20.2. The number of nitrogens with two attached hydrogens (primary N) is 1. The molecule has 2 heterocycles. The minimum atomic E-state index is -0.319. The molecule has 0 spiro atoms. The minimum absolute atomic E-state index is 0.101. The molecule has 0 bridgehead atoms. The van der Waals surface area contributed by atoms with Crippen LogP contribution >= 0.6 is 11.8 Å². The largest absolute Gasteiger partial charge is 0.497 e. The molecule has 0 unspecified atom stereocenters. The van der Waals surface area contributed by atoms with E-state index in [9.17, 15) is 4.39 Å². The molecule has 152 valence electrons. The number of hydrogen-bond donors (Lipinski definition) is 2. The highest BCUT2D eigenvalue weighted by atomic mass is 32.2. The minimum Gasteiger partial charge on any atom is -0.497 e. The Hall–Kier alpha value is -3.66. The summed E-state index contributed by atoms with van der Waals surface area (Å²) in [6.45, 7) is 0. The van der Waals surface area contributed by atoms with Gasteiger partial charge in [0.25, 0.3) is 0 Å². The number of imidazole rings is 1. The third-order valence-corrected chi connectivity index (χ3v) is 5.05. The van der Waals surface area contributed by atoms with Crippen LogP contribution < -0.4 is 15.8 Å². The number of thioether (sulfide) groups is 1. The summed E-state index contributed by atoms with van der Waals surface area (Å²) in [5.41, 5.74) is 7.44. The molecule has 0 radical (unpaired) electrons. The van der Waals surface area contributed by atoms with Crippen LogP contribution in [-0.4, -0.2) is 31.6 Å². The van der Waals surface area contributed by atoms with Gasteiger partial charge in [0.05, 0.1) is 12.9 Å². The SMILES string of the molecule is COc1ccc(-n2ccnc2SCc2nc(N)nc(Nc3ccc(F)cc3)n2)cc1. The first-order valence-corrected chi connectivity index (χ1v) is 9.93. The van der Waals surface area contributed by atoms with E-state index in [2.05, 4.69) is 25.3 Å². The first-order chi connectivity index (χ1) is 14.6. The predicted octanol–water partition coefficient (Wildman–Crippen LogP) is 3.82. The molecule has 2 aromatic carbocycles. The van der Waals surface area contributed by atoms with Crippen LogP contribution in [0.2, 0.25) is 0 Å². The molecule has 0 amide bonds. The van der Waals surface area contributed by atoms with Crippen molar-refractivity contribution in [3.05, 3.63) is 72.6 Å². The third-order valence-electron chi connectivity index (χ3n) is 4.09. The number of nitrogens with one attached hydrogen (secondary N) is 1. The van der Waals surface area contributed by atoms with E-state index < -0.39 is 0 Å². The van der Waals surface area contributed by atoms with E-state index in [1.54, 1.807) is 25.4 Å². The average molecular weight is 423 g/mol. The highest BCUT2D eigenvalue weighted by molar-refractivity contribution is 7.98. The van der Waals surface area contributed by atoms with Crippen molar-refractivity contribution < 1.29 is 9.13 Å². The zero-order valence-electron chi connectivity index (χ0n) is 16.0. The molecule has 4 aromatic rings. The van der Waals surface area contributed by atoms with E-state index in [-0.39, 0.29) is 11.8 Å². The summed E-state index contributed by atoms with van der Waals surface area (Å²) >= 11 is 1.47. The van der Waals surface area contributed by atoms with E-state index in [0.29, 0.717) is 23.2 Å². The summed E-state index contributed by atoms with van der Waals surface area (Å²) in [7, 11) is 1.63. The van der Waals surface area contributed by atoms with Gasteiger partial charge in [0, 0.05) is 23.8 Å². The van der Waals surface area contributed by atoms with Crippen LogP contribution in [0.4, 0.5) is 22.0 Å². The smallest absolute Gasteiger partial charge is 0.232 e. The Kier molecular flexibility index (Phi) is 5.75. The molecule has 0 aliphatic heterocycles. The standard InChI is InChI=1S/C20H18FN7OS/c1-29-16-8-6-15(7-9-16)28-11-10-23-20(28)30-12-17-25-18(22)27-19(26-17)24-14-4-2-13(21)3-5-14/h2-11H,12H2,1H3,(H3,22,24,25,26,27). The lowest BCUT2D eigenvalue weighted by Crippen LogP contribution is -2.07. The Labute approximate surface area is 176 Å². The molecule has 0 saturated carbocycles. The van der Waals surface area contributed by atoms with E-state index in [1.165, 1.54) is 23.9 Å². The molecule has 10 heteroatoms. The molecule has 3 N–H and O–H groups in total. The van der Waals surface area contributed by atoms with Crippen LogP contribution in [0.25, 0.3) is 5.69 Å². The van der Waals surface area contributed by atoms with Crippen LogP contribution in [0.15, 0.2) is 66.1 Å². The Balaban J connectivity index is 1.48. The van der Waals surface area contributed by atoms with Crippen molar-refractivity contribution in [1.29, 1.82) is 0 Å². The fourth-order valence-corrected chi connectivity index (χ4v) is 3.51. The molecule has 0 aliphatic rings. The molecule has 0 atom stereocenters. The van der Waals surface area contributed by atoms with Crippen molar-refractivity contribution in [3.8, 4) is 11.4 Å². The van der Waals surface area contributed by atoms with Gasteiger partial charge in [-0.2, -0.15) is 15.0 Å². The topological polar surface area (TPSA) is 104 Å². The van der Waals surface area contributed by atoms with Crippen molar-refractivity contribution in [2.24, 2.45) is 0 Å². The van der Waals surface area contributed by atoms with Crippen molar-refractivity contribution in [1.82, 2.24) is 24.5 Å². The van der Waals surface area contributed by atoms with E-state index in [4.69, 9.17) is 10.5 Å². The number of nitrogen functional groups attached to an aromatic ring is 1. The van der Waals surface area contributed by atoms with Gasteiger partial charge in [0.1, 0.15) is 17.4 Å². The maximum Gasteiger partial charge on any atom is 0.232 e. The number of anilines is 3. The van der Waals surface area contributed by atoms with Gasteiger partial charge in [-0.05, 0) is 48.5 Å². The Bertz CT molecular complexity index is 1130. The number of aromatic nitrogens is 5. The lowest BCUT2D eigenvalue weighted by atomic mass is 10.3. The quantitative estimate of drug-likeness (QED) is 0.432. The Morgan fingerprint density at radius 2 is 1.83 bits per heavy atom. The fraction of sp³-hybridized carbons (Fsp3) is 0.100. The summed E-state index contributed by atoms with van der Waals surface area (Å²) in [5.74, 6) is 1.81. The van der Waals surface area contributed by atoms with Crippen molar-refractivity contribution >= 4 is 29.3 Å². The Morgan fingerprint density at radius 1 is 1.07 bits per heavy atom. The predicted molar refractivity (Wildman–Crippen MR) is 114 cm³/mol. The monoisotopic (exact) mass is 423 g/mol. The van der Waals surface area contributed by atoms with E-state index in [1.807, 2.05) is 35.0 Å². The maximum absolute atomic E-state index is 13.1. The summed E-state index contributed by atoms with van der Waals surface area (Å²) in [6.07, 6.45) is 3.61. The molecule has 2 aromatic heterocycles. The van der Waals surface area contributed by atoms with Crippen LogP contribution in [0.3, 0.4) is 0 Å². The first-order valence-electron chi connectivity index (χ1n) is 8.94. The van der Waals surface area contributed by atoms with Crippen LogP contribution in [0.5, 0.6) is 5.75 Å². The second-order valence-corrected chi connectivity index (χ2v) is 7.07. The number of ether oxygens (including phenoxy) is 1. The first kappa shape index (κ1) is 19.6. The fourth-order valence-electron chi connectivity index (χ4n) is 2.69. The van der Waals surface area contributed by atoms with E-state index in [0.717, 1.165) is 16.6 Å². The molecule has 30 heavy (non-hydrogen) atoms. The molecular formula is C20H18FN7OS. The second kappa shape index (κ2) is 8.78. The Morgan fingerprint density at radius 3 is 2.57 bits per heavy atom. The third kappa shape index (κ3) is 4.66. The molecule has 0 saturated heterocycles. The van der Waals surface area contributed by atoms with Gasteiger partial charge in [-0.1, -0.05) is 11.8 Å². The number of halogens is 1. The molecule has 4 rings (SSSR count). The maximum atomic E-state index is 13.1. The van der Waals surface area contributed by atoms with Gasteiger partial charge in [-0.3, -0.25) is 4.57 Å². The van der Waals surface area contributed by atoms with Crippen LogP contribution in [-0.2, 0) is 5.75 Å². The highest BCUT2D eigenvalue weighted by Crippen LogP contribution is 2.25. The van der Waals surface area contributed by atoms with Crippen molar-refractivity contribution in [2.45, 2.75) is 10.9 Å². The number of rotatable bonds is 7. The number of hydrogen-bond acceptors (Lipinski definition) is 8. The second-order valence-electron chi connectivity index (χ2n) is 6.13. The van der Waals surface area contributed by atoms with Gasteiger partial charge in [0.15, 0.2) is 5.16 Å². The van der Waals surface area contributed by atoms with Crippen LogP contribution in [0, 0.1) is 5.82 Å². The molecule has 0 fully saturated rings. The van der Waals surface area contributed by atoms with Crippen molar-refractivity contribution in [3.63, 3.8) is 0 Å². The van der Waals surface area contributed by atoms with Gasteiger partial charge >= 0.3 is 0 Å². The molecular weight excluding hydrogens is 405 g/mol. The van der Waals surface area contributed by atoms with E-state index >= 15 is 0 Å².